The van der Waals surface area contributed by atoms with Crippen LogP contribution < -0.4 is 5.32 Å². The molecule has 0 fully saturated rings. The molecule has 0 aliphatic rings. The number of hydrogen-bond donors (Lipinski definition) is 1. The maximum absolute atomic E-state index is 5.44. The van der Waals surface area contributed by atoms with Gasteiger partial charge in [0.15, 0.2) is 0 Å². The lowest BCUT2D eigenvalue weighted by molar-refractivity contribution is 0.0830. The van der Waals surface area contributed by atoms with Crippen LogP contribution in [-0.4, -0.2) is 25.8 Å². The maximum atomic E-state index is 5.44. The van der Waals surface area contributed by atoms with Gasteiger partial charge in [0.1, 0.15) is 0 Å². The van der Waals surface area contributed by atoms with Crippen molar-refractivity contribution in [2.45, 2.75) is 38.8 Å². The Kier molecular flexibility index (Phi) is 6.78. The Hall–Kier alpha value is -0.380. The van der Waals surface area contributed by atoms with E-state index in [1.807, 2.05) is 6.07 Å². The number of hydrogen-bond acceptors (Lipinski definition) is 2. The summed E-state index contributed by atoms with van der Waals surface area (Å²) < 4.78 is 6.62. The van der Waals surface area contributed by atoms with E-state index in [0.717, 1.165) is 19.4 Å². The summed E-state index contributed by atoms with van der Waals surface area (Å²) >= 11 is 3.60. The van der Waals surface area contributed by atoms with Crippen LogP contribution in [0.2, 0.25) is 0 Å². The van der Waals surface area contributed by atoms with Gasteiger partial charge >= 0.3 is 0 Å². The molecule has 0 saturated carbocycles. The fourth-order valence-electron chi connectivity index (χ4n) is 1.80. The molecular weight excluding hydrogens is 278 g/mol. The molecule has 0 aliphatic carbocycles. The van der Waals surface area contributed by atoms with Crippen molar-refractivity contribution in [2.75, 3.05) is 13.7 Å². The average molecular weight is 300 g/mol. The van der Waals surface area contributed by atoms with Crippen LogP contribution in [0.4, 0.5) is 0 Å². The molecule has 96 valence electrons. The summed E-state index contributed by atoms with van der Waals surface area (Å²) in [4.78, 5) is 0. The third-order valence-corrected chi connectivity index (χ3v) is 3.77. The van der Waals surface area contributed by atoms with Crippen LogP contribution >= 0.6 is 15.9 Å². The minimum absolute atomic E-state index is 0.216. The van der Waals surface area contributed by atoms with Crippen LogP contribution in [0.5, 0.6) is 0 Å². The molecule has 0 bridgehead atoms. The second-order valence-corrected chi connectivity index (χ2v) is 5.15. The lowest BCUT2D eigenvalue weighted by Gasteiger charge is -2.24. The van der Waals surface area contributed by atoms with Crippen LogP contribution in [0, 0.1) is 0 Å². The standard InChI is InChI=1S/C14H22BrNO/c1-4-9-16-14(11(2)17-3)10-12-7-5-6-8-13(12)15/h5-8,11,14,16H,4,9-10H2,1-3H3. The second kappa shape index (κ2) is 7.85. The summed E-state index contributed by atoms with van der Waals surface area (Å²) in [6.07, 6.45) is 2.34. The fraction of sp³-hybridized carbons (Fsp3) is 0.571. The summed E-state index contributed by atoms with van der Waals surface area (Å²) in [6, 6.07) is 8.73. The molecule has 2 unspecified atom stereocenters. The summed E-state index contributed by atoms with van der Waals surface area (Å²) in [5.41, 5.74) is 1.32. The first-order valence-corrected chi connectivity index (χ1v) is 6.98. The van der Waals surface area contributed by atoms with Crippen molar-refractivity contribution in [3.05, 3.63) is 34.3 Å². The number of nitrogens with one attached hydrogen (secondary N) is 1. The maximum Gasteiger partial charge on any atom is 0.0699 e. The SMILES string of the molecule is CCCNC(Cc1ccccc1Br)C(C)OC. The number of ether oxygens (including phenoxy) is 1. The molecule has 2 atom stereocenters. The van der Waals surface area contributed by atoms with E-state index in [9.17, 15) is 0 Å². The van der Waals surface area contributed by atoms with Crippen molar-refractivity contribution in [2.24, 2.45) is 0 Å². The third kappa shape index (κ3) is 4.78. The molecule has 1 aromatic carbocycles. The average Bonchev–Trinajstić information content (AvgIpc) is 2.35. The van der Waals surface area contributed by atoms with Crippen LogP contribution in [0.25, 0.3) is 0 Å². The monoisotopic (exact) mass is 299 g/mol. The second-order valence-electron chi connectivity index (χ2n) is 4.30. The molecule has 0 heterocycles. The topological polar surface area (TPSA) is 21.3 Å². The van der Waals surface area contributed by atoms with Crippen LogP contribution in [0.3, 0.4) is 0 Å². The zero-order chi connectivity index (χ0) is 12.7. The highest BCUT2D eigenvalue weighted by Gasteiger charge is 2.17. The van der Waals surface area contributed by atoms with E-state index >= 15 is 0 Å². The largest absolute Gasteiger partial charge is 0.380 e. The zero-order valence-electron chi connectivity index (χ0n) is 10.9. The molecule has 17 heavy (non-hydrogen) atoms. The van der Waals surface area contributed by atoms with Gasteiger partial charge in [-0.25, -0.2) is 0 Å². The van der Waals surface area contributed by atoms with E-state index in [1.54, 1.807) is 7.11 Å². The summed E-state index contributed by atoms with van der Waals surface area (Å²) in [5.74, 6) is 0. The van der Waals surface area contributed by atoms with Gasteiger partial charge in [-0.2, -0.15) is 0 Å². The Bertz CT molecular complexity index is 330. The van der Waals surface area contributed by atoms with Crippen molar-refractivity contribution in [3.8, 4) is 0 Å². The van der Waals surface area contributed by atoms with E-state index in [4.69, 9.17) is 4.74 Å². The summed E-state index contributed by atoms with van der Waals surface area (Å²) in [7, 11) is 1.77. The van der Waals surface area contributed by atoms with E-state index < -0.39 is 0 Å². The van der Waals surface area contributed by atoms with Gasteiger partial charge in [-0.1, -0.05) is 41.1 Å². The van der Waals surface area contributed by atoms with E-state index in [2.05, 4.69) is 53.3 Å². The third-order valence-electron chi connectivity index (χ3n) is 2.99. The quantitative estimate of drug-likeness (QED) is 0.833. The Morgan fingerprint density at radius 1 is 1.35 bits per heavy atom. The van der Waals surface area contributed by atoms with Crippen molar-refractivity contribution >= 4 is 15.9 Å². The molecule has 0 aromatic heterocycles. The first kappa shape index (κ1) is 14.7. The Morgan fingerprint density at radius 2 is 2.06 bits per heavy atom. The predicted octanol–water partition coefficient (Wildman–Crippen LogP) is 3.39. The van der Waals surface area contributed by atoms with Gasteiger partial charge in [-0.15, -0.1) is 0 Å². The highest BCUT2D eigenvalue weighted by molar-refractivity contribution is 9.10. The molecule has 3 heteroatoms. The molecule has 1 rings (SSSR count). The van der Waals surface area contributed by atoms with Crippen LogP contribution in [0.15, 0.2) is 28.7 Å². The first-order valence-electron chi connectivity index (χ1n) is 6.18. The van der Waals surface area contributed by atoms with Gasteiger partial charge in [0.25, 0.3) is 0 Å². The van der Waals surface area contributed by atoms with Gasteiger partial charge in [0.05, 0.1) is 6.10 Å². The molecule has 0 spiro atoms. The highest BCUT2D eigenvalue weighted by atomic mass is 79.9. The van der Waals surface area contributed by atoms with E-state index in [0.29, 0.717) is 6.04 Å². The lowest BCUT2D eigenvalue weighted by Crippen LogP contribution is -2.41. The van der Waals surface area contributed by atoms with Crippen LogP contribution in [-0.2, 0) is 11.2 Å². The van der Waals surface area contributed by atoms with Gasteiger partial charge in [-0.3, -0.25) is 0 Å². The van der Waals surface area contributed by atoms with Gasteiger partial charge in [0.2, 0.25) is 0 Å². The molecule has 1 aromatic rings. The minimum Gasteiger partial charge on any atom is -0.380 e. The van der Waals surface area contributed by atoms with Crippen LogP contribution in [0.1, 0.15) is 25.8 Å². The Balaban J connectivity index is 2.68. The number of rotatable bonds is 7. The van der Waals surface area contributed by atoms with Gasteiger partial charge < -0.3 is 10.1 Å². The van der Waals surface area contributed by atoms with E-state index in [-0.39, 0.29) is 6.10 Å². The molecule has 0 amide bonds. The lowest BCUT2D eigenvalue weighted by atomic mass is 10.0. The molecular formula is C14H22BrNO. The minimum atomic E-state index is 0.216. The van der Waals surface area contributed by atoms with Gasteiger partial charge in [0, 0.05) is 17.6 Å². The molecule has 2 nitrogen and oxygen atoms in total. The fourth-order valence-corrected chi connectivity index (χ4v) is 2.25. The number of halogens is 1. The van der Waals surface area contributed by atoms with Crippen molar-refractivity contribution in [3.63, 3.8) is 0 Å². The van der Waals surface area contributed by atoms with Gasteiger partial charge in [-0.05, 0) is 37.9 Å². The zero-order valence-corrected chi connectivity index (χ0v) is 12.5. The summed E-state index contributed by atoms with van der Waals surface area (Å²) in [5, 5.41) is 3.55. The van der Waals surface area contributed by atoms with Crippen molar-refractivity contribution in [1.29, 1.82) is 0 Å². The molecule has 0 saturated heterocycles. The molecule has 1 N–H and O–H groups in total. The summed E-state index contributed by atoms with van der Waals surface area (Å²) in [6.45, 7) is 5.33. The Labute approximate surface area is 113 Å². The number of methoxy groups -OCH3 is 1. The van der Waals surface area contributed by atoms with E-state index in [1.165, 1.54) is 10.0 Å². The van der Waals surface area contributed by atoms with Crippen molar-refractivity contribution < 1.29 is 4.74 Å². The smallest absolute Gasteiger partial charge is 0.0699 e. The normalized spacial score (nSPS) is 14.6. The van der Waals surface area contributed by atoms with Crippen molar-refractivity contribution in [1.82, 2.24) is 5.32 Å². The molecule has 0 radical (unpaired) electrons. The predicted molar refractivity (Wildman–Crippen MR) is 76.4 cm³/mol. The Morgan fingerprint density at radius 3 is 2.65 bits per heavy atom. The first-order chi connectivity index (χ1) is 8.19. The number of benzene rings is 1. The molecule has 0 aliphatic heterocycles. The highest BCUT2D eigenvalue weighted by Crippen LogP contribution is 2.18.